The number of aliphatic hydroxyl groups is 1. The van der Waals surface area contributed by atoms with E-state index in [0.717, 1.165) is 11.3 Å². The Morgan fingerprint density at radius 3 is 2.62 bits per heavy atom. The molecule has 1 aliphatic rings. The van der Waals surface area contributed by atoms with E-state index in [2.05, 4.69) is 10.6 Å². The van der Waals surface area contributed by atoms with Gasteiger partial charge < -0.3 is 20.5 Å². The maximum Gasteiger partial charge on any atom is 0.251 e. The van der Waals surface area contributed by atoms with Gasteiger partial charge in [-0.15, -0.1) is 0 Å². The van der Waals surface area contributed by atoms with Gasteiger partial charge in [-0.05, 0) is 44.5 Å². The Labute approximate surface area is 125 Å². The first-order valence-corrected chi connectivity index (χ1v) is 7.30. The van der Waals surface area contributed by atoms with E-state index in [1.54, 1.807) is 0 Å². The highest BCUT2D eigenvalue weighted by Crippen LogP contribution is 2.28. The molecule has 2 rings (SSSR count). The number of carbonyl (C=O) groups excluding carboxylic acids is 1. The lowest BCUT2D eigenvalue weighted by atomic mass is 9.87. The van der Waals surface area contributed by atoms with Crippen molar-refractivity contribution in [2.24, 2.45) is 5.41 Å². The quantitative estimate of drug-likeness (QED) is 0.744. The Morgan fingerprint density at radius 2 is 2.14 bits per heavy atom. The number of hydrogen-bond donors (Lipinski definition) is 3. The Bertz CT molecular complexity index is 505. The van der Waals surface area contributed by atoms with Crippen molar-refractivity contribution >= 4 is 11.6 Å². The van der Waals surface area contributed by atoms with E-state index in [9.17, 15) is 9.90 Å². The highest BCUT2D eigenvalue weighted by atomic mass is 16.5. The predicted molar refractivity (Wildman–Crippen MR) is 82.6 cm³/mol. The second-order valence-corrected chi connectivity index (χ2v) is 6.16. The van der Waals surface area contributed by atoms with Crippen LogP contribution in [0, 0.1) is 12.3 Å². The summed E-state index contributed by atoms with van der Waals surface area (Å²) in [5.41, 5.74) is 2.49. The smallest absolute Gasteiger partial charge is 0.251 e. The topological polar surface area (TPSA) is 70.6 Å². The zero-order valence-electron chi connectivity index (χ0n) is 12.9. The van der Waals surface area contributed by atoms with E-state index in [1.807, 2.05) is 39.0 Å². The van der Waals surface area contributed by atoms with Crippen LogP contribution in [0.2, 0.25) is 0 Å². The van der Waals surface area contributed by atoms with Crippen molar-refractivity contribution in [3.63, 3.8) is 0 Å². The highest BCUT2D eigenvalue weighted by Gasteiger charge is 2.37. The fourth-order valence-corrected chi connectivity index (χ4v) is 2.27. The van der Waals surface area contributed by atoms with Gasteiger partial charge in [0.2, 0.25) is 0 Å². The van der Waals surface area contributed by atoms with Crippen molar-refractivity contribution in [1.82, 2.24) is 5.32 Å². The van der Waals surface area contributed by atoms with Crippen LogP contribution in [0.15, 0.2) is 18.2 Å². The zero-order valence-corrected chi connectivity index (χ0v) is 12.9. The number of carbonyl (C=O) groups is 1. The number of aryl methyl sites for hydroxylation is 1. The molecule has 0 saturated carbocycles. The number of hydrogen-bond acceptors (Lipinski definition) is 4. The van der Waals surface area contributed by atoms with Gasteiger partial charge in [-0.25, -0.2) is 0 Å². The number of anilines is 1. The maximum atomic E-state index is 12.0. The molecule has 5 heteroatoms. The molecule has 0 aliphatic carbocycles. The van der Waals surface area contributed by atoms with Gasteiger partial charge >= 0.3 is 0 Å². The van der Waals surface area contributed by atoms with E-state index in [-0.39, 0.29) is 24.0 Å². The monoisotopic (exact) mass is 292 g/mol. The van der Waals surface area contributed by atoms with Gasteiger partial charge in [0, 0.05) is 23.8 Å². The molecule has 0 unspecified atom stereocenters. The van der Waals surface area contributed by atoms with E-state index >= 15 is 0 Å². The Morgan fingerprint density at radius 1 is 1.43 bits per heavy atom. The molecule has 0 spiro atoms. The molecule has 0 aromatic heterocycles. The molecule has 21 heavy (non-hydrogen) atoms. The first-order chi connectivity index (χ1) is 9.96. The molecule has 1 heterocycles. The third-order valence-corrected chi connectivity index (χ3v) is 3.71. The fraction of sp³-hybridized carbons (Fsp3) is 0.562. The number of benzene rings is 1. The van der Waals surface area contributed by atoms with Crippen LogP contribution < -0.4 is 10.6 Å². The highest BCUT2D eigenvalue weighted by molar-refractivity contribution is 5.95. The molecule has 1 saturated heterocycles. The van der Waals surface area contributed by atoms with Crippen molar-refractivity contribution in [3.05, 3.63) is 29.3 Å². The molecule has 1 aromatic rings. The average Bonchev–Trinajstić information content (AvgIpc) is 2.38. The molecular weight excluding hydrogens is 268 g/mol. The molecule has 1 aromatic carbocycles. The first-order valence-electron chi connectivity index (χ1n) is 7.30. The molecule has 1 aliphatic heterocycles. The largest absolute Gasteiger partial charge is 0.396 e. The minimum Gasteiger partial charge on any atom is -0.396 e. The van der Waals surface area contributed by atoms with Gasteiger partial charge in [0.1, 0.15) is 0 Å². The van der Waals surface area contributed by atoms with Crippen LogP contribution in [0.5, 0.6) is 0 Å². The minimum absolute atomic E-state index is 0.0566. The summed E-state index contributed by atoms with van der Waals surface area (Å²) in [5, 5.41) is 15.6. The fourth-order valence-electron chi connectivity index (χ4n) is 2.27. The van der Waals surface area contributed by atoms with Crippen molar-refractivity contribution in [1.29, 1.82) is 0 Å². The molecule has 5 nitrogen and oxygen atoms in total. The molecule has 1 fully saturated rings. The van der Waals surface area contributed by atoms with Gasteiger partial charge in [0.25, 0.3) is 5.91 Å². The summed E-state index contributed by atoms with van der Waals surface area (Å²) in [4.78, 5) is 12.0. The molecule has 0 bridgehead atoms. The van der Waals surface area contributed by atoms with E-state index in [0.29, 0.717) is 25.3 Å². The summed E-state index contributed by atoms with van der Waals surface area (Å²) < 4.78 is 5.18. The number of ether oxygens (including phenoxy) is 1. The van der Waals surface area contributed by atoms with Crippen LogP contribution in [0.3, 0.4) is 0 Å². The second kappa shape index (κ2) is 6.45. The lowest BCUT2D eigenvalue weighted by Gasteiger charge is -2.40. The number of nitrogens with one attached hydrogen (secondary N) is 2. The Hall–Kier alpha value is -1.59. The second-order valence-electron chi connectivity index (χ2n) is 6.16. The summed E-state index contributed by atoms with van der Waals surface area (Å²) in [5.74, 6) is -0.0566. The van der Waals surface area contributed by atoms with Crippen molar-refractivity contribution in [2.45, 2.75) is 26.8 Å². The zero-order chi connectivity index (χ0) is 15.5. The van der Waals surface area contributed by atoms with Crippen molar-refractivity contribution in [3.8, 4) is 0 Å². The number of aliphatic hydroxyl groups excluding tert-OH is 1. The summed E-state index contributed by atoms with van der Waals surface area (Å²) in [6.07, 6.45) is 0. The van der Waals surface area contributed by atoms with Gasteiger partial charge in [0.05, 0.1) is 25.2 Å². The summed E-state index contributed by atoms with van der Waals surface area (Å²) in [6, 6.07) is 5.73. The van der Waals surface area contributed by atoms with Gasteiger partial charge in [-0.1, -0.05) is 0 Å². The predicted octanol–water partition coefficient (Wildman–Crippen LogP) is 1.55. The van der Waals surface area contributed by atoms with Crippen LogP contribution in [-0.2, 0) is 4.74 Å². The summed E-state index contributed by atoms with van der Waals surface area (Å²) >= 11 is 0. The van der Waals surface area contributed by atoms with Crippen LogP contribution in [0.4, 0.5) is 5.69 Å². The first kappa shape index (κ1) is 15.8. The minimum atomic E-state index is -0.167. The standard InChI is InChI=1S/C16H24N2O3/c1-11(2)18-15(20)13-4-5-14(12(3)6-13)17-7-16(8-19)9-21-10-16/h4-6,11,17,19H,7-10H2,1-3H3,(H,18,20). The third kappa shape index (κ3) is 3.74. The summed E-state index contributed by atoms with van der Waals surface area (Å²) in [7, 11) is 0. The Balaban J connectivity index is 2.00. The molecule has 0 atom stereocenters. The Kier molecular flexibility index (Phi) is 4.85. The van der Waals surface area contributed by atoms with Crippen LogP contribution in [-0.4, -0.2) is 43.4 Å². The number of amides is 1. The molecule has 0 radical (unpaired) electrons. The van der Waals surface area contributed by atoms with Gasteiger partial charge in [-0.2, -0.15) is 0 Å². The normalized spacial score (nSPS) is 16.4. The average molecular weight is 292 g/mol. The van der Waals surface area contributed by atoms with Crippen LogP contribution >= 0.6 is 0 Å². The molecule has 1 amide bonds. The lowest BCUT2D eigenvalue weighted by Crippen LogP contribution is -2.50. The molecular formula is C16H24N2O3. The third-order valence-electron chi connectivity index (χ3n) is 3.71. The lowest BCUT2D eigenvalue weighted by molar-refractivity contribution is -0.128. The molecule has 116 valence electrons. The van der Waals surface area contributed by atoms with E-state index in [4.69, 9.17) is 4.74 Å². The van der Waals surface area contributed by atoms with Crippen molar-refractivity contribution < 1.29 is 14.6 Å². The SMILES string of the molecule is Cc1cc(C(=O)NC(C)C)ccc1NCC1(CO)COC1. The number of rotatable bonds is 6. The van der Waals surface area contributed by atoms with Gasteiger partial charge in [-0.3, -0.25) is 4.79 Å². The summed E-state index contributed by atoms with van der Waals surface area (Å²) in [6.45, 7) is 7.81. The van der Waals surface area contributed by atoms with Gasteiger partial charge in [0.15, 0.2) is 0 Å². The molecule has 3 N–H and O–H groups in total. The van der Waals surface area contributed by atoms with E-state index in [1.165, 1.54) is 0 Å². The maximum absolute atomic E-state index is 12.0. The van der Waals surface area contributed by atoms with Crippen molar-refractivity contribution in [2.75, 3.05) is 31.7 Å². The van der Waals surface area contributed by atoms with Crippen LogP contribution in [0.1, 0.15) is 29.8 Å². The van der Waals surface area contributed by atoms with E-state index < -0.39 is 0 Å². The van der Waals surface area contributed by atoms with Crippen LogP contribution in [0.25, 0.3) is 0 Å².